The molecule has 5 aliphatic rings. The van der Waals surface area contributed by atoms with Gasteiger partial charge in [0.1, 0.15) is 0 Å². The Morgan fingerprint density at radius 3 is 1.27 bits per heavy atom. The van der Waals surface area contributed by atoms with E-state index in [1.807, 2.05) is 0 Å². The molecule has 51 heavy (non-hydrogen) atoms. The molecule has 1 aromatic rings. The van der Waals surface area contributed by atoms with Crippen molar-refractivity contribution < 1.29 is 0 Å². The van der Waals surface area contributed by atoms with Crippen molar-refractivity contribution >= 4 is 5.69 Å². The first kappa shape index (κ1) is 44.3. The molecule has 4 fully saturated rings. The molecule has 2 aliphatic carbocycles. The normalized spacial score (nSPS) is 30.4. The minimum absolute atomic E-state index is 0. The van der Waals surface area contributed by atoms with Crippen LogP contribution in [0.4, 0.5) is 5.69 Å². The Morgan fingerprint density at radius 2 is 0.863 bits per heavy atom. The van der Waals surface area contributed by atoms with Crippen LogP contribution in [0.3, 0.4) is 0 Å². The van der Waals surface area contributed by atoms with Crippen LogP contribution in [0.25, 0.3) is 0 Å². The molecule has 7 atom stereocenters. The first-order valence-electron chi connectivity index (χ1n) is 21.1. The lowest BCUT2D eigenvalue weighted by Gasteiger charge is -2.47. The number of benzene rings is 1. The summed E-state index contributed by atoms with van der Waals surface area (Å²) in [6.45, 7) is 42.9. The fourth-order valence-corrected chi connectivity index (χ4v) is 11.1. The molecule has 3 heterocycles. The molecule has 6 rings (SSSR count). The molecule has 2 saturated heterocycles. The molecule has 3 heteroatoms. The number of nitrogens with zero attached hydrogens (tertiary/aromatic N) is 3. The van der Waals surface area contributed by atoms with Gasteiger partial charge in [-0.15, -0.1) is 0 Å². The molecule has 7 unspecified atom stereocenters. The van der Waals surface area contributed by atoms with Crippen LogP contribution in [0.5, 0.6) is 0 Å². The third kappa shape index (κ3) is 10.2. The molecule has 0 N–H and O–H groups in total. The monoisotopic (exact) mass is 708 g/mol. The topological polar surface area (TPSA) is 9.72 Å². The summed E-state index contributed by atoms with van der Waals surface area (Å²) >= 11 is 0. The third-order valence-corrected chi connectivity index (χ3v) is 13.2. The van der Waals surface area contributed by atoms with E-state index >= 15 is 0 Å². The van der Waals surface area contributed by atoms with Crippen molar-refractivity contribution in [3.05, 3.63) is 29.8 Å². The lowest BCUT2D eigenvalue weighted by molar-refractivity contribution is 0.0140. The highest BCUT2D eigenvalue weighted by Gasteiger charge is 2.52. The van der Waals surface area contributed by atoms with Gasteiger partial charge >= 0.3 is 0 Å². The highest BCUT2D eigenvalue weighted by molar-refractivity contribution is 5.61. The molecule has 0 radical (unpaired) electrons. The Bertz CT molecular complexity index is 1240. The van der Waals surface area contributed by atoms with Crippen molar-refractivity contribution in [3.8, 4) is 0 Å². The van der Waals surface area contributed by atoms with Crippen LogP contribution in [-0.4, -0.2) is 56.6 Å². The smallest absolute Gasteiger partial charge is 0.0406 e. The molecule has 3 nitrogen and oxygen atoms in total. The van der Waals surface area contributed by atoms with E-state index in [0.717, 1.165) is 36.0 Å². The van der Waals surface area contributed by atoms with E-state index in [-0.39, 0.29) is 13.0 Å². The van der Waals surface area contributed by atoms with Crippen LogP contribution in [0, 0.1) is 28.1 Å². The largest absolute Gasteiger partial charge is 0.363 e. The van der Waals surface area contributed by atoms with E-state index in [4.69, 9.17) is 0 Å². The van der Waals surface area contributed by atoms with Gasteiger partial charge < -0.3 is 4.90 Å². The fourth-order valence-electron chi connectivity index (χ4n) is 11.1. The highest BCUT2D eigenvalue weighted by atomic mass is 15.3. The van der Waals surface area contributed by atoms with Gasteiger partial charge in [0.05, 0.1) is 0 Å². The Kier molecular flexibility index (Phi) is 13.6. The standard InChI is InChI=1S/C16H31N.C16H25N.C15H29N.CH4/c2*1-15(2,3)14-11-12-9-7-8-10-13(12)17(14)16(4,5)6;1-14(2,3)13-10-11-8-7-9-12(11)16(13)15(4,5)6;/h12-14H,7-11H2,1-6H3;7-10,14H,11H2,1-6H3;11-13H,7-10H2,1-6H3;1H4. The molecule has 0 aromatic heterocycles. The van der Waals surface area contributed by atoms with E-state index in [9.17, 15) is 0 Å². The van der Waals surface area contributed by atoms with Crippen molar-refractivity contribution in [1.82, 2.24) is 9.80 Å². The maximum absolute atomic E-state index is 2.87. The van der Waals surface area contributed by atoms with Gasteiger partial charge in [-0.2, -0.15) is 0 Å². The maximum atomic E-state index is 2.87. The Hall–Kier alpha value is -1.06. The number of fused-ring (bicyclic) bond motifs is 3. The number of para-hydroxylation sites is 1. The lowest BCUT2D eigenvalue weighted by Crippen LogP contribution is -2.53. The summed E-state index contributed by atoms with van der Waals surface area (Å²) in [6.07, 6.45) is 14.3. The molecule has 3 aliphatic heterocycles. The zero-order valence-corrected chi connectivity index (χ0v) is 36.8. The Labute approximate surface area is 320 Å². The second-order valence-electron chi connectivity index (χ2n) is 23.5. The second kappa shape index (κ2) is 15.6. The van der Waals surface area contributed by atoms with Crippen LogP contribution in [0.2, 0.25) is 0 Å². The molecule has 0 bridgehead atoms. The molecule has 0 amide bonds. The quantitative estimate of drug-likeness (QED) is 0.266. The van der Waals surface area contributed by atoms with E-state index in [2.05, 4.69) is 164 Å². The van der Waals surface area contributed by atoms with Gasteiger partial charge in [0.15, 0.2) is 0 Å². The van der Waals surface area contributed by atoms with Crippen LogP contribution >= 0.6 is 0 Å². The SMILES string of the molecule is C.CC(C)(C)C1CC2CCCC2N1C(C)(C)C.CC(C)(C)C1CC2CCCCC2N1C(C)(C)C.CC(C)(C)C1Cc2ccccc2N1C(C)(C)C. The predicted octanol–water partition coefficient (Wildman–Crippen LogP) is 13.4. The summed E-state index contributed by atoms with van der Waals surface area (Å²) in [6, 6.07) is 12.8. The fraction of sp³-hybridized carbons (Fsp3) is 0.875. The van der Waals surface area contributed by atoms with E-state index in [1.54, 1.807) is 0 Å². The maximum Gasteiger partial charge on any atom is 0.0406 e. The summed E-state index contributed by atoms with van der Waals surface area (Å²) in [4.78, 5) is 8.34. The van der Waals surface area contributed by atoms with Crippen LogP contribution in [0.1, 0.15) is 195 Å². The average Bonchev–Trinajstić information content (AvgIpc) is 3.71. The summed E-state index contributed by atoms with van der Waals surface area (Å²) < 4.78 is 0. The highest BCUT2D eigenvalue weighted by Crippen LogP contribution is 2.50. The van der Waals surface area contributed by atoms with Gasteiger partial charge in [0.2, 0.25) is 0 Å². The van der Waals surface area contributed by atoms with E-state index in [0.29, 0.717) is 33.4 Å². The number of hydrogen-bond donors (Lipinski definition) is 0. The van der Waals surface area contributed by atoms with Crippen molar-refractivity contribution in [2.75, 3.05) is 4.90 Å². The third-order valence-electron chi connectivity index (χ3n) is 13.2. The van der Waals surface area contributed by atoms with Gasteiger partial charge in [0.25, 0.3) is 0 Å². The minimum Gasteiger partial charge on any atom is -0.363 e. The summed E-state index contributed by atoms with van der Waals surface area (Å²) in [5.74, 6) is 1.97. The number of rotatable bonds is 0. The first-order valence-corrected chi connectivity index (χ1v) is 21.1. The van der Waals surface area contributed by atoms with Crippen molar-refractivity contribution in [2.45, 2.75) is 243 Å². The van der Waals surface area contributed by atoms with Crippen LogP contribution in [-0.2, 0) is 6.42 Å². The molecule has 1 aromatic carbocycles. The number of hydrogen-bond acceptors (Lipinski definition) is 3. The summed E-state index contributed by atoms with van der Waals surface area (Å²) in [7, 11) is 0. The number of anilines is 1. The first-order chi connectivity index (χ1) is 22.6. The zero-order valence-electron chi connectivity index (χ0n) is 36.8. The molecule has 296 valence electrons. The predicted molar refractivity (Wildman–Crippen MR) is 228 cm³/mol. The second-order valence-corrected chi connectivity index (χ2v) is 23.5. The van der Waals surface area contributed by atoms with E-state index < -0.39 is 0 Å². The van der Waals surface area contributed by atoms with Crippen LogP contribution < -0.4 is 4.90 Å². The average molecular weight is 708 g/mol. The van der Waals surface area contributed by atoms with E-state index in [1.165, 1.54) is 75.5 Å². The minimum atomic E-state index is 0. The summed E-state index contributed by atoms with van der Waals surface area (Å²) in [5.41, 5.74) is 4.94. The molecule has 0 spiro atoms. The zero-order chi connectivity index (χ0) is 37.8. The van der Waals surface area contributed by atoms with Crippen molar-refractivity contribution in [2.24, 2.45) is 28.1 Å². The summed E-state index contributed by atoms with van der Waals surface area (Å²) in [5, 5.41) is 0. The van der Waals surface area contributed by atoms with Crippen molar-refractivity contribution in [3.63, 3.8) is 0 Å². The molecule has 2 saturated carbocycles. The lowest BCUT2D eigenvalue weighted by atomic mass is 9.80. The van der Waals surface area contributed by atoms with Crippen molar-refractivity contribution in [1.29, 1.82) is 0 Å². The van der Waals surface area contributed by atoms with Gasteiger partial charge in [-0.05, 0) is 147 Å². The van der Waals surface area contributed by atoms with Crippen LogP contribution in [0.15, 0.2) is 24.3 Å². The molecular formula is C48H89N3. The molecular weight excluding hydrogens is 619 g/mol. The Morgan fingerprint density at radius 1 is 0.471 bits per heavy atom. The number of likely N-dealkylation sites (tertiary alicyclic amines) is 2. The van der Waals surface area contributed by atoms with Gasteiger partial charge in [-0.1, -0.05) is 107 Å². The van der Waals surface area contributed by atoms with Gasteiger partial charge in [-0.25, -0.2) is 0 Å². The van der Waals surface area contributed by atoms with Gasteiger partial charge in [-0.3, -0.25) is 9.80 Å². The van der Waals surface area contributed by atoms with Gasteiger partial charge in [0, 0.05) is 52.5 Å². The Balaban J connectivity index is 0.000000205.